The Kier molecular flexibility index (Phi) is 4.35. The number of nitrogens with one attached hydrogen (secondary N) is 1. The van der Waals surface area contributed by atoms with E-state index in [2.05, 4.69) is 10.3 Å². The Morgan fingerprint density at radius 3 is 3.05 bits per heavy atom. The summed E-state index contributed by atoms with van der Waals surface area (Å²) in [5.74, 6) is 0.00306. The van der Waals surface area contributed by atoms with Gasteiger partial charge in [0.2, 0.25) is 5.91 Å². The average Bonchev–Trinajstić information content (AvgIpc) is 3.08. The molecule has 7 heteroatoms. The fraction of sp³-hybridized carbons (Fsp3) is 0.267. The van der Waals surface area contributed by atoms with Gasteiger partial charge in [-0.25, -0.2) is 4.98 Å². The van der Waals surface area contributed by atoms with Crippen LogP contribution in [0.15, 0.2) is 33.8 Å². The Morgan fingerprint density at radius 2 is 2.27 bits per heavy atom. The molecule has 0 saturated heterocycles. The van der Waals surface area contributed by atoms with E-state index in [9.17, 15) is 9.59 Å². The molecule has 114 valence electrons. The molecule has 0 saturated carbocycles. The topological polar surface area (TPSA) is 63.5 Å². The number of hydrogen-bond acceptors (Lipinski definition) is 5. The van der Waals surface area contributed by atoms with E-state index in [4.69, 9.17) is 0 Å². The summed E-state index contributed by atoms with van der Waals surface area (Å²) in [4.78, 5) is 30.0. The zero-order valence-corrected chi connectivity index (χ0v) is 13.7. The van der Waals surface area contributed by atoms with E-state index in [1.54, 1.807) is 15.7 Å². The average molecular weight is 333 g/mol. The third-order valence-electron chi connectivity index (χ3n) is 3.22. The van der Waals surface area contributed by atoms with E-state index in [1.807, 2.05) is 29.8 Å². The maximum Gasteiger partial charge on any atom is 0.258 e. The van der Waals surface area contributed by atoms with Crippen LogP contribution in [-0.2, 0) is 17.6 Å². The highest BCUT2D eigenvalue weighted by Gasteiger charge is 2.09. The van der Waals surface area contributed by atoms with Gasteiger partial charge in [-0.05, 0) is 18.4 Å². The molecule has 0 radical (unpaired) electrons. The van der Waals surface area contributed by atoms with Crippen LogP contribution in [0, 0.1) is 6.92 Å². The first kappa shape index (κ1) is 14.9. The predicted molar refractivity (Wildman–Crippen MR) is 88.8 cm³/mol. The summed E-state index contributed by atoms with van der Waals surface area (Å²) in [6.45, 7) is 2.32. The lowest BCUT2D eigenvalue weighted by atomic mass is 10.3. The number of thiazole rings is 1. The van der Waals surface area contributed by atoms with Gasteiger partial charge < -0.3 is 5.32 Å². The number of aryl methyl sites for hydroxylation is 1. The summed E-state index contributed by atoms with van der Waals surface area (Å²) in [6.07, 6.45) is 1.02. The number of fused-ring (bicyclic) bond motifs is 1. The van der Waals surface area contributed by atoms with Crippen LogP contribution in [0.1, 0.15) is 16.3 Å². The Morgan fingerprint density at radius 1 is 1.41 bits per heavy atom. The normalized spacial score (nSPS) is 11.0. The highest BCUT2D eigenvalue weighted by atomic mass is 32.1. The van der Waals surface area contributed by atoms with Gasteiger partial charge in [-0.2, -0.15) is 0 Å². The van der Waals surface area contributed by atoms with Gasteiger partial charge in [0.1, 0.15) is 0 Å². The molecule has 3 rings (SSSR count). The first-order valence-corrected chi connectivity index (χ1v) is 8.65. The van der Waals surface area contributed by atoms with Gasteiger partial charge in [0.05, 0.1) is 6.42 Å². The number of amides is 1. The van der Waals surface area contributed by atoms with Gasteiger partial charge in [0.15, 0.2) is 4.96 Å². The second kappa shape index (κ2) is 6.41. The highest BCUT2D eigenvalue weighted by molar-refractivity contribution is 7.15. The molecule has 3 heterocycles. The molecule has 3 aromatic heterocycles. The van der Waals surface area contributed by atoms with Crippen molar-refractivity contribution in [1.29, 1.82) is 0 Å². The monoisotopic (exact) mass is 333 g/mol. The molecule has 0 atom stereocenters. The fourth-order valence-electron chi connectivity index (χ4n) is 2.22. The minimum atomic E-state index is -0.0661. The van der Waals surface area contributed by atoms with Gasteiger partial charge >= 0.3 is 0 Å². The zero-order chi connectivity index (χ0) is 15.5. The number of carbonyl (C=O) groups excluding carboxylic acids is 1. The van der Waals surface area contributed by atoms with Crippen molar-refractivity contribution in [2.75, 3.05) is 6.54 Å². The molecule has 0 unspecified atom stereocenters. The second-order valence-electron chi connectivity index (χ2n) is 4.94. The molecular formula is C15H15N3O2S2. The van der Waals surface area contributed by atoms with E-state index < -0.39 is 0 Å². The molecule has 0 spiro atoms. The number of thiophene rings is 1. The Labute approximate surface area is 135 Å². The van der Waals surface area contributed by atoms with Gasteiger partial charge in [-0.1, -0.05) is 6.07 Å². The molecule has 0 bridgehead atoms. The molecular weight excluding hydrogens is 318 g/mol. The summed E-state index contributed by atoms with van der Waals surface area (Å²) in [6, 6.07) is 5.41. The summed E-state index contributed by atoms with van der Waals surface area (Å²) < 4.78 is 1.61. The van der Waals surface area contributed by atoms with Crippen molar-refractivity contribution in [2.45, 2.75) is 19.8 Å². The van der Waals surface area contributed by atoms with Crippen LogP contribution < -0.4 is 10.9 Å². The molecule has 0 aliphatic rings. The maximum atomic E-state index is 12.0. The number of carbonyl (C=O) groups is 1. The fourth-order valence-corrected chi connectivity index (χ4v) is 3.90. The SMILES string of the molecule is Cc1cc(=O)n2c(CCNC(=O)Cc3cccs3)csc2n1. The first-order valence-electron chi connectivity index (χ1n) is 6.89. The van der Waals surface area contributed by atoms with Crippen LogP contribution >= 0.6 is 22.7 Å². The molecule has 1 amide bonds. The van der Waals surface area contributed by atoms with E-state index in [0.717, 1.165) is 16.3 Å². The van der Waals surface area contributed by atoms with Gasteiger partial charge in [-0.15, -0.1) is 22.7 Å². The van der Waals surface area contributed by atoms with Crippen molar-refractivity contribution in [3.05, 3.63) is 55.6 Å². The Bertz CT molecular complexity index is 849. The van der Waals surface area contributed by atoms with Crippen LogP contribution in [0.3, 0.4) is 0 Å². The largest absolute Gasteiger partial charge is 0.355 e. The van der Waals surface area contributed by atoms with Gasteiger partial charge in [-0.3, -0.25) is 14.0 Å². The van der Waals surface area contributed by atoms with Crippen LogP contribution in [0.2, 0.25) is 0 Å². The number of rotatable bonds is 5. The van der Waals surface area contributed by atoms with E-state index >= 15 is 0 Å². The van der Waals surface area contributed by atoms with Crippen molar-refractivity contribution in [2.24, 2.45) is 0 Å². The third kappa shape index (κ3) is 3.26. The van der Waals surface area contributed by atoms with E-state index in [1.165, 1.54) is 17.4 Å². The molecule has 0 fully saturated rings. The lowest BCUT2D eigenvalue weighted by Gasteiger charge is -2.04. The number of aromatic nitrogens is 2. The van der Waals surface area contributed by atoms with Crippen LogP contribution in [0.5, 0.6) is 0 Å². The van der Waals surface area contributed by atoms with Crippen molar-refractivity contribution in [3.63, 3.8) is 0 Å². The minimum Gasteiger partial charge on any atom is -0.355 e. The van der Waals surface area contributed by atoms with Crippen LogP contribution in [-0.4, -0.2) is 21.8 Å². The lowest BCUT2D eigenvalue weighted by molar-refractivity contribution is -0.120. The Balaban J connectivity index is 1.62. The molecule has 0 aliphatic carbocycles. The Hall–Kier alpha value is -1.99. The lowest BCUT2D eigenvalue weighted by Crippen LogP contribution is -2.28. The van der Waals surface area contributed by atoms with Gasteiger partial charge in [0, 0.05) is 40.7 Å². The van der Waals surface area contributed by atoms with Crippen molar-refractivity contribution < 1.29 is 4.79 Å². The van der Waals surface area contributed by atoms with Crippen molar-refractivity contribution >= 4 is 33.5 Å². The molecule has 22 heavy (non-hydrogen) atoms. The molecule has 1 N–H and O–H groups in total. The molecule has 5 nitrogen and oxygen atoms in total. The first-order chi connectivity index (χ1) is 10.6. The zero-order valence-electron chi connectivity index (χ0n) is 12.0. The number of nitrogens with zero attached hydrogens (tertiary/aromatic N) is 2. The summed E-state index contributed by atoms with van der Waals surface area (Å²) in [5, 5.41) is 6.78. The summed E-state index contributed by atoms with van der Waals surface area (Å²) in [5.41, 5.74) is 1.54. The molecule has 0 aliphatic heterocycles. The predicted octanol–water partition coefficient (Wildman–Crippen LogP) is 2.03. The summed E-state index contributed by atoms with van der Waals surface area (Å²) >= 11 is 3.02. The van der Waals surface area contributed by atoms with Crippen molar-refractivity contribution in [3.8, 4) is 0 Å². The van der Waals surface area contributed by atoms with Crippen LogP contribution in [0.25, 0.3) is 4.96 Å². The van der Waals surface area contributed by atoms with Gasteiger partial charge in [0.25, 0.3) is 5.56 Å². The molecule has 0 aromatic carbocycles. The quantitative estimate of drug-likeness (QED) is 0.777. The molecule has 3 aromatic rings. The maximum absolute atomic E-state index is 12.0. The smallest absolute Gasteiger partial charge is 0.258 e. The number of hydrogen-bond donors (Lipinski definition) is 1. The highest BCUT2D eigenvalue weighted by Crippen LogP contribution is 2.13. The van der Waals surface area contributed by atoms with Crippen molar-refractivity contribution in [1.82, 2.24) is 14.7 Å². The minimum absolute atomic E-state index is 0.00306. The van der Waals surface area contributed by atoms with E-state index in [-0.39, 0.29) is 11.5 Å². The standard InChI is InChI=1S/C15H15N3O2S2/c1-10-7-14(20)18-11(9-22-15(18)17-10)4-5-16-13(19)8-12-3-2-6-21-12/h2-3,6-7,9H,4-5,8H2,1H3,(H,16,19). The summed E-state index contributed by atoms with van der Waals surface area (Å²) in [7, 11) is 0. The third-order valence-corrected chi connectivity index (χ3v) is 4.97. The second-order valence-corrected chi connectivity index (χ2v) is 6.81. The van der Waals surface area contributed by atoms with Crippen LogP contribution in [0.4, 0.5) is 0 Å². The van der Waals surface area contributed by atoms with E-state index in [0.29, 0.717) is 24.3 Å².